The SMILES string of the molecule is O=C(O)[C@H]1CCCN1C(=O)c1cc(=O)[nH]c2ccc(Br)cc12. The highest BCUT2D eigenvalue weighted by Crippen LogP contribution is 2.25. The number of carboxylic acids is 1. The molecule has 2 N–H and O–H groups in total. The lowest BCUT2D eigenvalue weighted by Crippen LogP contribution is -2.40. The Hall–Kier alpha value is -2.15. The van der Waals surface area contributed by atoms with Gasteiger partial charge in [0.1, 0.15) is 6.04 Å². The number of halogens is 1. The molecule has 2 heterocycles. The monoisotopic (exact) mass is 364 g/mol. The third kappa shape index (κ3) is 2.52. The lowest BCUT2D eigenvalue weighted by molar-refractivity contribution is -0.141. The Labute approximate surface area is 133 Å². The van der Waals surface area contributed by atoms with E-state index in [-0.39, 0.29) is 11.1 Å². The van der Waals surface area contributed by atoms with E-state index in [1.807, 2.05) is 0 Å². The van der Waals surface area contributed by atoms with Gasteiger partial charge in [-0.05, 0) is 31.0 Å². The highest BCUT2D eigenvalue weighted by Gasteiger charge is 2.35. The van der Waals surface area contributed by atoms with E-state index in [2.05, 4.69) is 20.9 Å². The van der Waals surface area contributed by atoms with Crippen LogP contribution in [-0.4, -0.2) is 39.5 Å². The zero-order valence-electron chi connectivity index (χ0n) is 11.5. The fraction of sp³-hybridized carbons (Fsp3) is 0.267. The fourth-order valence-electron chi connectivity index (χ4n) is 2.82. The van der Waals surface area contributed by atoms with E-state index in [1.54, 1.807) is 18.2 Å². The van der Waals surface area contributed by atoms with E-state index < -0.39 is 17.9 Å². The van der Waals surface area contributed by atoms with Crippen molar-refractivity contribution >= 4 is 38.7 Å². The summed E-state index contributed by atoms with van der Waals surface area (Å²) in [6.07, 6.45) is 1.08. The van der Waals surface area contributed by atoms with Crippen LogP contribution in [0, 0.1) is 0 Å². The molecule has 0 spiro atoms. The largest absolute Gasteiger partial charge is 0.480 e. The van der Waals surface area contributed by atoms with Gasteiger partial charge in [-0.2, -0.15) is 0 Å². The second-order valence-corrected chi connectivity index (χ2v) is 6.15. The number of pyridine rings is 1. The number of carbonyl (C=O) groups is 2. The highest BCUT2D eigenvalue weighted by atomic mass is 79.9. The normalized spacial score (nSPS) is 17.9. The van der Waals surface area contributed by atoms with Gasteiger partial charge < -0.3 is 15.0 Å². The van der Waals surface area contributed by atoms with Crippen molar-refractivity contribution in [1.82, 2.24) is 9.88 Å². The van der Waals surface area contributed by atoms with E-state index in [9.17, 15) is 19.5 Å². The molecule has 22 heavy (non-hydrogen) atoms. The lowest BCUT2D eigenvalue weighted by atomic mass is 10.1. The van der Waals surface area contributed by atoms with Gasteiger partial charge in [-0.3, -0.25) is 9.59 Å². The van der Waals surface area contributed by atoms with Gasteiger partial charge in [0.2, 0.25) is 5.56 Å². The summed E-state index contributed by atoms with van der Waals surface area (Å²) in [5.41, 5.74) is 0.391. The summed E-state index contributed by atoms with van der Waals surface area (Å²) in [6, 6.07) is 5.62. The molecule has 1 fully saturated rings. The van der Waals surface area contributed by atoms with Crippen LogP contribution in [0.4, 0.5) is 0 Å². The molecule has 0 radical (unpaired) electrons. The molecule has 0 bridgehead atoms. The van der Waals surface area contributed by atoms with Gasteiger partial charge in [0.15, 0.2) is 0 Å². The average molecular weight is 365 g/mol. The van der Waals surface area contributed by atoms with E-state index in [0.717, 1.165) is 4.47 Å². The first-order valence-electron chi connectivity index (χ1n) is 6.84. The Morgan fingerprint density at radius 2 is 2.09 bits per heavy atom. The number of carbonyl (C=O) groups excluding carboxylic acids is 1. The Balaban J connectivity index is 2.13. The van der Waals surface area contributed by atoms with Crippen LogP contribution < -0.4 is 5.56 Å². The summed E-state index contributed by atoms with van der Waals surface area (Å²) < 4.78 is 0.775. The minimum absolute atomic E-state index is 0.230. The number of aromatic amines is 1. The summed E-state index contributed by atoms with van der Waals surface area (Å²) in [7, 11) is 0. The number of carboxylic acid groups (broad SMARTS) is 1. The van der Waals surface area contributed by atoms with Gasteiger partial charge in [-0.25, -0.2) is 4.79 Å². The molecule has 114 valence electrons. The number of aliphatic carboxylic acids is 1. The molecule has 2 aromatic rings. The molecule has 7 heteroatoms. The summed E-state index contributed by atoms with van der Waals surface area (Å²) in [6.45, 7) is 0.387. The number of hydrogen-bond acceptors (Lipinski definition) is 3. The van der Waals surface area contributed by atoms with Crippen LogP contribution in [0.3, 0.4) is 0 Å². The van der Waals surface area contributed by atoms with Gasteiger partial charge in [0, 0.05) is 28.0 Å². The predicted molar refractivity (Wildman–Crippen MR) is 84.0 cm³/mol. The van der Waals surface area contributed by atoms with Crippen molar-refractivity contribution < 1.29 is 14.7 Å². The minimum atomic E-state index is -1.01. The molecule has 1 aliphatic rings. The van der Waals surface area contributed by atoms with Crippen LogP contribution in [0.1, 0.15) is 23.2 Å². The van der Waals surface area contributed by atoms with E-state index in [0.29, 0.717) is 30.3 Å². The number of benzene rings is 1. The molecule has 0 unspecified atom stereocenters. The van der Waals surface area contributed by atoms with Gasteiger partial charge >= 0.3 is 5.97 Å². The minimum Gasteiger partial charge on any atom is -0.480 e. The quantitative estimate of drug-likeness (QED) is 0.852. The molecule has 1 aromatic carbocycles. The molecule has 3 rings (SSSR count). The molecule has 1 saturated heterocycles. The third-order valence-corrected chi connectivity index (χ3v) is 4.33. The first-order chi connectivity index (χ1) is 10.5. The number of fused-ring (bicyclic) bond motifs is 1. The van der Waals surface area contributed by atoms with Crippen molar-refractivity contribution in [3.63, 3.8) is 0 Å². The van der Waals surface area contributed by atoms with Gasteiger partial charge in [-0.1, -0.05) is 15.9 Å². The van der Waals surface area contributed by atoms with Gasteiger partial charge in [0.25, 0.3) is 5.91 Å². The second kappa shape index (κ2) is 5.57. The van der Waals surface area contributed by atoms with Crippen LogP contribution in [0.2, 0.25) is 0 Å². The average Bonchev–Trinajstić information content (AvgIpc) is 2.96. The third-order valence-electron chi connectivity index (χ3n) is 3.83. The van der Waals surface area contributed by atoms with Crippen LogP contribution >= 0.6 is 15.9 Å². The molecule has 0 aliphatic carbocycles. The molecule has 1 aromatic heterocycles. The van der Waals surface area contributed by atoms with Crippen LogP contribution in [0.15, 0.2) is 33.5 Å². The number of likely N-dealkylation sites (tertiary alicyclic amines) is 1. The number of nitrogens with one attached hydrogen (secondary N) is 1. The van der Waals surface area contributed by atoms with Crippen LogP contribution in [-0.2, 0) is 4.79 Å². The van der Waals surface area contributed by atoms with Crippen molar-refractivity contribution in [2.24, 2.45) is 0 Å². The van der Waals surface area contributed by atoms with Crippen molar-refractivity contribution in [2.45, 2.75) is 18.9 Å². The zero-order valence-corrected chi connectivity index (χ0v) is 13.1. The Bertz CT molecular complexity index is 830. The maximum atomic E-state index is 12.7. The van der Waals surface area contributed by atoms with Crippen molar-refractivity contribution in [3.05, 3.63) is 44.7 Å². The second-order valence-electron chi connectivity index (χ2n) is 5.23. The molecule has 6 nitrogen and oxygen atoms in total. The summed E-state index contributed by atoms with van der Waals surface area (Å²) in [4.78, 5) is 39.8. The summed E-state index contributed by atoms with van der Waals surface area (Å²) in [5, 5.41) is 9.81. The van der Waals surface area contributed by atoms with Gasteiger partial charge in [0.05, 0.1) is 5.56 Å². The molecular formula is C15H13BrN2O4. The van der Waals surface area contributed by atoms with Crippen molar-refractivity contribution in [2.75, 3.05) is 6.54 Å². The first kappa shape index (κ1) is 14.8. The molecule has 0 saturated carbocycles. The highest BCUT2D eigenvalue weighted by molar-refractivity contribution is 9.10. The number of nitrogens with zero attached hydrogens (tertiary/aromatic N) is 1. The van der Waals surface area contributed by atoms with Crippen LogP contribution in [0.5, 0.6) is 0 Å². The number of aromatic nitrogens is 1. The fourth-order valence-corrected chi connectivity index (χ4v) is 3.19. The predicted octanol–water partition coefficient (Wildman–Crippen LogP) is 1.98. The summed E-state index contributed by atoms with van der Waals surface area (Å²) >= 11 is 3.34. The zero-order chi connectivity index (χ0) is 15.9. The standard InChI is InChI=1S/C15H13BrN2O4/c16-8-3-4-11-9(6-8)10(7-13(19)17-11)14(20)18-5-1-2-12(18)15(21)22/h3-4,6-7,12H,1-2,5H2,(H,17,19)(H,21,22)/t12-/m1/s1. The van der Waals surface area contributed by atoms with Crippen molar-refractivity contribution in [3.8, 4) is 0 Å². The summed E-state index contributed by atoms with van der Waals surface area (Å²) in [5.74, 6) is -1.43. The van der Waals surface area contributed by atoms with E-state index >= 15 is 0 Å². The molecule has 1 atom stereocenters. The van der Waals surface area contributed by atoms with Gasteiger partial charge in [-0.15, -0.1) is 0 Å². The van der Waals surface area contributed by atoms with Crippen molar-refractivity contribution in [1.29, 1.82) is 0 Å². The molecular weight excluding hydrogens is 352 g/mol. The Morgan fingerprint density at radius 3 is 2.82 bits per heavy atom. The van der Waals surface area contributed by atoms with E-state index in [1.165, 1.54) is 11.0 Å². The molecule has 1 aliphatic heterocycles. The van der Waals surface area contributed by atoms with E-state index in [4.69, 9.17) is 0 Å². The smallest absolute Gasteiger partial charge is 0.326 e. The van der Waals surface area contributed by atoms with Crippen LogP contribution in [0.25, 0.3) is 10.9 Å². The molecule has 1 amide bonds. The number of hydrogen-bond donors (Lipinski definition) is 2. The Morgan fingerprint density at radius 1 is 1.32 bits per heavy atom. The number of amides is 1. The Kier molecular flexibility index (Phi) is 3.74. The maximum Gasteiger partial charge on any atom is 0.326 e. The number of rotatable bonds is 2. The first-order valence-corrected chi connectivity index (χ1v) is 7.63. The lowest BCUT2D eigenvalue weighted by Gasteiger charge is -2.22. The maximum absolute atomic E-state index is 12.7. The number of H-pyrrole nitrogens is 1. The topological polar surface area (TPSA) is 90.5 Å².